The number of fused-ring (bicyclic) bond motifs is 1. The molecule has 0 bridgehead atoms. The van der Waals surface area contributed by atoms with E-state index in [1.165, 1.54) is 30.0 Å². The highest BCUT2D eigenvalue weighted by molar-refractivity contribution is 7.90. The standard InChI is InChI=1S/C54H62N8O9S2/c1-35(2)44-7-5-6-8-45(44)49-32-60(73(69,70)42-12-9-36(3)10-13-42)23-24-61(49)40-28-54(29-40)33-59(34-54)39-11-15-46(50(26-39)71-41-25-38-19-22-55-51(38)57-31-41)52(63)58-72(67,68)43-14-16-47(48(27-43)62(65)66)56-30-37-17-20-53(4,64)21-18-37/h5-16,19,22,25-27,31,35,37,40,49,56,64H,17-18,20-21,23-24,28-30,32-34H2,1-4H3,(H,55,57)(H,58,63)/t37-,49?,53-. The molecule has 4 aromatic carbocycles. The molecular formula is C54H62N8O9S2. The quantitative estimate of drug-likeness (QED) is 0.0558. The number of carbonyl (C=O) groups excluding carboxylic acids is 1. The number of nitrogens with one attached hydrogen (secondary N) is 3. The number of piperazine rings is 1. The van der Waals surface area contributed by atoms with Crippen LogP contribution in [-0.4, -0.2) is 103 Å². The average Bonchev–Trinajstić information content (AvgIpc) is 3.81. The van der Waals surface area contributed by atoms with E-state index < -0.39 is 47.1 Å². The fourth-order valence-electron chi connectivity index (χ4n) is 11.3. The Morgan fingerprint density at radius 3 is 2.40 bits per heavy atom. The van der Waals surface area contributed by atoms with E-state index in [9.17, 15) is 36.9 Å². The Bertz CT molecular complexity index is 3280. The maximum absolute atomic E-state index is 14.1. The van der Waals surface area contributed by atoms with E-state index in [1.54, 1.807) is 47.8 Å². The summed E-state index contributed by atoms with van der Waals surface area (Å²) in [5.74, 6) is -0.141. The third kappa shape index (κ3) is 10.3. The first-order valence-corrected chi connectivity index (χ1v) is 27.9. The fraction of sp³-hybridized carbons (Fsp3) is 0.407. The highest BCUT2D eigenvalue weighted by Gasteiger charge is 2.55. The summed E-state index contributed by atoms with van der Waals surface area (Å²) in [6, 6.07) is 27.6. The molecule has 1 atom stereocenters. The molecule has 4 N–H and O–H groups in total. The molecule has 2 aliphatic carbocycles. The van der Waals surface area contributed by atoms with Crippen molar-refractivity contribution in [3.8, 4) is 11.5 Å². The highest BCUT2D eigenvalue weighted by atomic mass is 32.2. The fourth-order valence-corrected chi connectivity index (χ4v) is 13.8. The molecule has 4 fully saturated rings. The summed E-state index contributed by atoms with van der Waals surface area (Å²) >= 11 is 0. The number of aromatic nitrogens is 2. The second kappa shape index (κ2) is 19.5. The molecule has 2 saturated carbocycles. The average molecular weight is 1030 g/mol. The number of ether oxygens (including phenoxy) is 1. The van der Waals surface area contributed by atoms with Gasteiger partial charge in [0, 0.05) is 86.2 Å². The van der Waals surface area contributed by atoms with Gasteiger partial charge in [0.15, 0.2) is 0 Å². The molecule has 2 aromatic heterocycles. The van der Waals surface area contributed by atoms with Crippen LogP contribution in [0.4, 0.5) is 17.1 Å². The van der Waals surface area contributed by atoms with E-state index in [-0.39, 0.29) is 46.3 Å². The van der Waals surface area contributed by atoms with E-state index in [1.807, 2.05) is 37.3 Å². The van der Waals surface area contributed by atoms with Crippen molar-refractivity contribution in [2.24, 2.45) is 11.3 Å². The number of nitrogens with zero attached hydrogens (tertiary/aromatic N) is 5. The van der Waals surface area contributed by atoms with Gasteiger partial charge in [-0.25, -0.2) is 26.5 Å². The third-order valence-corrected chi connectivity index (χ3v) is 18.7. The van der Waals surface area contributed by atoms with Crippen molar-refractivity contribution in [3.63, 3.8) is 0 Å². The maximum atomic E-state index is 14.1. The van der Waals surface area contributed by atoms with Crippen LogP contribution in [0.25, 0.3) is 11.0 Å². The van der Waals surface area contributed by atoms with Gasteiger partial charge in [-0.1, -0.05) is 55.8 Å². The van der Waals surface area contributed by atoms with Crippen LogP contribution in [0.1, 0.15) is 98.3 Å². The number of hydrogen-bond donors (Lipinski definition) is 4. The normalized spacial score (nSPS) is 21.7. The number of amides is 1. The first kappa shape index (κ1) is 50.2. The van der Waals surface area contributed by atoms with Gasteiger partial charge in [-0.2, -0.15) is 4.31 Å². The van der Waals surface area contributed by atoms with Crippen molar-refractivity contribution in [2.45, 2.75) is 99.6 Å². The molecule has 6 aromatic rings. The summed E-state index contributed by atoms with van der Waals surface area (Å²) in [5, 5.41) is 26.4. The first-order chi connectivity index (χ1) is 34.8. The second-order valence-corrected chi connectivity index (χ2v) is 24.8. The van der Waals surface area contributed by atoms with Gasteiger partial charge in [0.05, 0.1) is 32.1 Å². The largest absolute Gasteiger partial charge is 0.455 e. The second-order valence-electron chi connectivity index (χ2n) is 21.2. The Morgan fingerprint density at radius 2 is 1.67 bits per heavy atom. The van der Waals surface area contributed by atoms with Gasteiger partial charge < -0.3 is 25.0 Å². The van der Waals surface area contributed by atoms with Crippen molar-refractivity contribution >= 4 is 54.0 Å². The van der Waals surface area contributed by atoms with E-state index in [2.05, 4.69) is 55.8 Å². The molecule has 4 heterocycles. The van der Waals surface area contributed by atoms with Crippen LogP contribution in [-0.2, 0) is 20.0 Å². The van der Waals surface area contributed by atoms with E-state index in [0.717, 1.165) is 67.0 Å². The molecule has 4 aliphatic rings. The van der Waals surface area contributed by atoms with Crippen LogP contribution in [0.5, 0.6) is 11.5 Å². The number of sulfonamides is 2. The molecule has 1 unspecified atom stereocenters. The molecule has 10 rings (SSSR count). The van der Waals surface area contributed by atoms with E-state index in [0.29, 0.717) is 55.3 Å². The molecule has 384 valence electrons. The van der Waals surface area contributed by atoms with Gasteiger partial charge in [-0.05, 0) is 124 Å². The van der Waals surface area contributed by atoms with Crippen molar-refractivity contribution in [2.75, 3.05) is 49.5 Å². The van der Waals surface area contributed by atoms with Gasteiger partial charge in [-0.3, -0.25) is 19.8 Å². The van der Waals surface area contributed by atoms with Gasteiger partial charge in [0.2, 0.25) is 10.0 Å². The van der Waals surface area contributed by atoms with Crippen LogP contribution in [0.2, 0.25) is 0 Å². The molecule has 17 nitrogen and oxygen atoms in total. The van der Waals surface area contributed by atoms with Gasteiger partial charge >= 0.3 is 0 Å². The molecule has 73 heavy (non-hydrogen) atoms. The zero-order chi connectivity index (χ0) is 51.5. The number of nitro benzene ring substituents is 1. The topological polar surface area (TPSA) is 220 Å². The Labute approximate surface area is 426 Å². The molecule has 19 heteroatoms. The number of aliphatic hydroxyl groups is 1. The molecule has 2 saturated heterocycles. The molecule has 1 spiro atoms. The predicted molar refractivity (Wildman–Crippen MR) is 279 cm³/mol. The van der Waals surface area contributed by atoms with Crippen LogP contribution in [0.15, 0.2) is 119 Å². The summed E-state index contributed by atoms with van der Waals surface area (Å²) in [6.07, 6.45) is 7.85. The number of pyridine rings is 1. The Morgan fingerprint density at radius 1 is 0.945 bits per heavy atom. The van der Waals surface area contributed by atoms with Crippen LogP contribution in [0.3, 0.4) is 0 Å². The van der Waals surface area contributed by atoms with Gasteiger partial charge in [-0.15, -0.1) is 0 Å². The number of nitro groups is 1. The van der Waals surface area contributed by atoms with Gasteiger partial charge in [0.1, 0.15) is 22.8 Å². The number of aromatic amines is 1. The molecular weight excluding hydrogens is 969 g/mol. The Kier molecular flexibility index (Phi) is 13.4. The number of H-pyrrole nitrogens is 1. The van der Waals surface area contributed by atoms with Crippen LogP contribution in [0, 0.1) is 28.4 Å². The smallest absolute Gasteiger partial charge is 0.293 e. The lowest BCUT2D eigenvalue weighted by Crippen LogP contribution is -2.68. The summed E-state index contributed by atoms with van der Waals surface area (Å²) in [7, 11) is -8.34. The minimum atomic E-state index is -4.62. The Hall–Kier alpha value is -6.38. The minimum absolute atomic E-state index is 0.0257. The number of aryl methyl sites for hydroxylation is 1. The molecule has 0 radical (unpaired) electrons. The summed E-state index contributed by atoms with van der Waals surface area (Å²) in [6.45, 7) is 11.3. The molecule has 1 amide bonds. The lowest BCUT2D eigenvalue weighted by molar-refractivity contribution is -0.384. The maximum Gasteiger partial charge on any atom is 0.293 e. The van der Waals surface area contributed by atoms with Gasteiger partial charge in [0.25, 0.3) is 21.6 Å². The number of anilines is 2. The third-order valence-electron chi connectivity index (χ3n) is 15.5. The summed E-state index contributed by atoms with van der Waals surface area (Å²) < 4.78 is 65.9. The summed E-state index contributed by atoms with van der Waals surface area (Å²) in [5.41, 5.74) is 3.70. The molecule has 2 aliphatic heterocycles. The number of hydrogen-bond acceptors (Lipinski definition) is 13. The number of benzene rings is 4. The predicted octanol–water partition coefficient (Wildman–Crippen LogP) is 8.88. The van der Waals surface area contributed by atoms with Crippen molar-refractivity contribution < 1.29 is 36.4 Å². The number of carbonyl (C=O) groups is 1. The Balaban J connectivity index is 0.852. The van der Waals surface area contributed by atoms with Crippen LogP contribution >= 0.6 is 0 Å². The van der Waals surface area contributed by atoms with Crippen molar-refractivity contribution in [1.82, 2.24) is 23.9 Å². The van der Waals surface area contributed by atoms with Crippen LogP contribution < -0.4 is 19.7 Å². The summed E-state index contributed by atoms with van der Waals surface area (Å²) in [4.78, 5) is 37.7. The van der Waals surface area contributed by atoms with Crippen molar-refractivity contribution in [1.29, 1.82) is 0 Å². The van der Waals surface area contributed by atoms with Crippen molar-refractivity contribution in [3.05, 3.63) is 142 Å². The first-order valence-electron chi connectivity index (χ1n) is 25.0. The lowest BCUT2D eigenvalue weighted by atomic mass is 9.59. The van der Waals surface area contributed by atoms with E-state index >= 15 is 0 Å². The SMILES string of the molecule is Cc1ccc(S(=O)(=O)N2CCN(C3CC4(C3)CN(c3ccc(C(=O)NS(=O)(=O)c5ccc(NC[C@H]6CC[C@](C)(O)CC6)c([N+](=O)[O-])c5)c(Oc5cnc6[nH]ccc6c5)c3)C4)C(c3ccccc3C(C)C)C2)cc1. The lowest BCUT2D eigenvalue weighted by Gasteiger charge is -2.63. The number of rotatable bonds is 15. The zero-order valence-corrected chi connectivity index (χ0v) is 43.1. The minimum Gasteiger partial charge on any atom is -0.455 e. The monoisotopic (exact) mass is 1030 g/mol. The zero-order valence-electron chi connectivity index (χ0n) is 41.5. The highest BCUT2D eigenvalue weighted by Crippen LogP contribution is 2.54. The van der Waals surface area contributed by atoms with E-state index in [4.69, 9.17) is 4.74 Å².